The Hall–Kier alpha value is -1.10. The summed E-state index contributed by atoms with van der Waals surface area (Å²) in [4.78, 5) is 22.8. The van der Waals surface area contributed by atoms with Gasteiger partial charge in [0.25, 0.3) is 0 Å². The summed E-state index contributed by atoms with van der Waals surface area (Å²) in [5.41, 5.74) is 5.52. The molecule has 1 aliphatic heterocycles. The van der Waals surface area contributed by atoms with Crippen molar-refractivity contribution in [1.29, 1.82) is 0 Å². The van der Waals surface area contributed by atoms with Crippen LogP contribution < -0.4 is 10.8 Å². The summed E-state index contributed by atoms with van der Waals surface area (Å²) in [6.07, 6.45) is 2.60. The number of likely N-dealkylation sites (tertiary alicyclic amines) is 1. The standard InChI is InChI=1S/C16H30N2O3/c1-5-11(16(20)21)7-13(15(17)19)8-14-10-18(3,4)9-12(14)6-2/h11-14H,5-10H2,1-4H3,(H2-,17,19,20,21). The highest BCUT2D eigenvalue weighted by atomic mass is 16.4. The molecule has 0 aromatic carbocycles. The lowest BCUT2D eigenvalue weighted by Crippen LogP contribution is -2.38. The highest BCUT2D eigenvalue weighted by molar-refractivity contribution is 5.77. The molecule has 5 nitrogen and oxygen atoms in total. The van der Waals surface area contributed by atoms with Crippen LogP contribution in [-0.4, -0.2) is 43.5 Å². The van der Waals surface area contributed by atoms with E-state index in [2.05, 4.69) is 21.0 Å². The van der Waals surface area contributed by atoms with Gasteiger partial charge in [-0.05, 0) is 31.6 Å². The van der Waals surface area contributed by atoms with E-state index in [-0.39, 0.29) is 11.8 Å². The van der Waals surface area contributed by atoms with Gasteiger partial charge in [-0.3, -0.25) is 4.79 Å². The van der Waals surface area contributed by atoms with Crippen LogP contribution in [0.25, 0.3) is 0 Å². The van der Waals surface area contributed by atoms with Crippen molar-refractivity contribution < 1.29 is 19.2 Å². The van der Waals surface area contributed by atoms with Gasteiger partial charge in [-0.15, -0.1) is 0 Å². The number of amides is 1. The topological polar surface area (TPSA) is 83.2 Å². The van der Waals surface area contributed by atoms with E-state index in [1.165, 1.54) is 0 Å². The van der Waals surface area contributed by atoms with Crippen molar-refractivity contribution >= 4 is 11.9 Å². The van der Waals surface area contributed by atoms with Gasteiger partial charge in [0.1, 0.15) is 0 Å². The van der Waals surface area contributed by atoms with E-state index < -0.39 is 11.9 Å². The minimum Gasteiger partial charge on any atom is -0.550 e. The van der Waals surface area contributed by atoms with Crippen LogP contribution in [-0.2, 0) is 9.59 Å². The summed E-state index contributed by atoms with van der Waals surface area (Å²) in [6, 6.07) is 0. The van der Waals surface area contributed by atoms with Crippen molar-refractivity contribution in [3.63, 3.8) is 0 Å². The van der Waals surface area contributed by atoms with E-state index in [4.69, 9.17) is 5.73 Å². The van der Waals surface area contributed by atoms with Crippen LogP contribution >= 0.6 is 0 Å². The number of rotatable bonds is 8. The largest absolute Gasteiger partial charge is 0.550 e. The normalized spacial score (nSPS) is 27.2. The number of aliphatic carboxylic acids is 1. The Morgan fingerprint density at radius 3 is 2.19 bits per heavy atom. The zero-order chi connectivity index (χ0) is 16.2. The summed E-state index contributed by atoms with van der Waals surface area (Å²) >= 11 is 0. The molecule has 0 aliphatic carbocycles. The van der Waals surface area contributed by atoms with E-state index in [0.717, 1.165) is 24.0 Å². The molecule has 2 N–H and O–H groups in total. The van der Waals surface area contributed by atoms with Crippen molar-refractivity contribution in [3.8, 4) is 0 Å². The molecule has 0 saturated carbocycles. The van der Waals surface area contributed by atoms with Crippen LogP contribution in [0.4, 0.5) is 0 Å². The van der Waals surface area contributed by atoms with Gasteiger partial charge >= 0.3 is 0 Å². The number of carboxylic acid groups (broad SMARTS) is 1. The molecule has 1 rings (SSSR count). The molecule has 0 aromatic rings. The van der Waals surface area contributed by atoms with E-state index in [9.17, 15) is 14.7 Å². The van der Waals surface area contributed by atoms with Crippen LogP contribution in [0.15, 0.2) is 0 Å². The highest BCUT2D eigenvalue weighted by Gasteiger charge is 2.40. The third-order valence-electron chi connectivity index (χ3n) is 5.03. The van der Waals surface area contributed by atoms with Crippen molar-refractivity contribution in [2.24, 2.45) is 29.4 Å². The number of carbonyl (C=O) groups is 2. The van der Waals surface area contributed by atoms with Crippen molar-refractivity contribution in [2.45, 2.75) is 39.5 Å². The Bertz CT molecular complexity index is 382. The molecule has 1 aliphatic rings. The van der Waals surface area contributed by atoms with Gasteiger partial charge in [0.05, 0.1) is 27.2 Å². The fraction of sp³-hybridized carbons (Fsp3) is 0.875. The Labute approximate surface area is 128 Å². The summed E-state index contributed by atoms with van der Waals surface area (Å²) < 4.78 is 0.965. The smallest absolute Gasteiger partial charge is 0.220 e. The van der Waals surface area contributed by atoms with E-state index >= 15 is 0 Å². The Kier molecular flexibility index (Phi) is 6.20. The summed E-state index contributed by atoms with van der Waals surface area (Å²) in [5, 5.41) is 11.1. The molecule has 0 bridgehead atoms. The molecular formula is C16H30N2O3. The average molecular weight is 298 g/mol. The first-order valence-electron chi connectivity index (χ1n) is 8.02. The fourth-order valence-electron chi connectivity index (χ4n) is 3.84. The van der Waals surface area contributed by atoms with Gasteiger partial charge in [0.2, 0.25) is 5.91 Å². The van der Waals surface area contributed by atoms with Crippen molar-refractivity contribution in [2.75, 3.05) is 27.2 Å². The fourth-order valence-corrected chi connectivity index (χ4v) is 3.84. The average Bonchev–Trinajstić information content (AvgIpc) is 2.67. The molecular weight excluding hydrogens is 268 g/mol. The first kappa shape index (κ1) is 18.0. The third kappa shape index (κ3) is 4.99. The summed E-state index contributed by atoms with van der Waals surface area (Å²) in [7, 11) is 4.41. The monoisotopic (exact) mass is 298 g/mol. The number of nitrogens with two attached hydrogens (primary N) is 1. The van der Waals surface area contributed by atoms with Crippen LogP contribution in [0.2, 0.25) is 0 Å². The van der Waals surface area contributed by atoms with Crippen LogP contribution in [0.5, 0.6) is 0 Å². The number of hydrogen-bond donors (Lipinski definition) is 1. The molecule has 0 spiro atoms. The second-order valence-corrected chi connectivity index (χ2v) is 7.22. The number of primary amides is 1. The van der Waals surface area contributed by atoms with Gasteiger partial charge in [0, 0.05) is 23.7 Å². The highest BCUT2D eigenvalue weighted by Crippen LogP contribution is 2.35. The summed E-state index contributed by atoms with van der Waals surface area (Å²) in [5.74, 6) is -1.34. The number of carbonyl (C=O) groups excluding carboxylic acids is 2. The van der Waals surface area contributed by atoms with Gasteiger partial charge in [0.15, 0.2) is 0 Å². The number of quaternary nitrogens is 1. The molecule has 1 amide bonds. The van der Waals surface area contributed by atoms with E-state index in [0.29, 0.717) is 31.1 Å². The number of carboxylic acids is 1. The Morgan fingerprint density at radius 1 is 1.19 bits per heavy atom. The third-order valence-corrected chi connectivity index (χ3v) is 5.03. The maximum atomic E-state index is 11.7. The Morgan fingerprint density at radius 2 is 1.76 bits per heavy atom. The lowest BCUT2D eigenvalue weighted by atomic mass is 9.81. The second-order valence-electron chi connectivity index (χ2n) is 7.22. The van der Waals surface area contributed by atoms with Gasteiger partial charge in [-0.2, -0.15) is 0 Å². The lowest BCUT2D eigenvalue weighted by molar-refractivity contribution is -0.880. The van der Waals surface area contributed by atoms with Gasteiger partial charge < -0.3 is 20.1 Å². The minimum atomic E-state index is -1.07. The lowest BCUT2D eigenvalue weighted by Gasteiger charge is -2.25. The van der Waals surface area contributed by atoms with E-state index in [1.54, 1.807) is 0 Å². The van der Waals surface area contributed by atoms with Crippen molar-refractivity contribution in [3.05, 3.63) is 0 Å². The zero-order valence-corrected chi connectivity index (χ0v) is 13.8. The zero-order valence-electron chi connectivity index (χ0n) is 13.8. The predicted molar refractivity (Wildman–Crippen MR) is 79.8 cm³/mol. The minimum absolute atomic E-state index is 0.314. The molecule has 1 heterocycles. The SMILES string of the molecule is CCC(CC(CC1C[N+](C)(C)CC1CC)C(N)=O)C(=O)[O-]. The van der Waals surface area contributed by atoms with Crippen LogP contribution in [0, 0.1) is 23.7 Å². The van der Waals surface area contributed by atoms with Crippen molar-refractivity contribution in [1.82, 2.24) is 0 Å². The molecule has 0 aromatic heterocycles. The maximum Gasteiger partial charge on any atom is 0.220 e. The molecule has 21 heavy (non-hydrogen) atoms. The molecule has 1 saturated heterocycles. The first-order valence-corrected chi connectivity index (χ1v) is 8.02. The predicted octanol–water partition coefficient (Wildman–Crippen LogP) is 0.377. The molecule has 122 valence electrons. The molecule has 1 fully saturated rings. The molecule has 4 atom stereocenters. The molecule has 5 heteroatoms. The number of nitrogens with zero attached hydrogens (tertiary/aromatic N) is 1. The van der Waals surface area contributed by atoms with Gasteiger partial charge in [-0.1, -0.05) is 13.8 Å². The number of hydrogen-bond acceptors (Lipinski definition) is 3. The van der Waals surface area contributed by atoms with Crippen LogP contribution in [0.3, 0.4) is 0 Å². The Balaban J connectivity index is 2.74. The molecule has 4 unspecified atom stereocenters. The maximum absolute atomic E-state index is 11.7. The second kappa shape index (κ2) is 7.25. The molecule has 0 radical (unpaired) electrons. The van der Waals surface area contributed by atoms with Crippen LogP contribution in [0.1, 0.15) is 39.5 Å². The quantitative estimate of drug-likeness (QED) is 0.657. The van der Waals surface area contributed by atoms with E-state index in [1.807, 2.05) is 6.92 Å². The first-order chi connectivity index (χ1) is 9.70. The summed E-state index contributed by atoms with van der Waals surface area (Å²) in [6.45, 7) is 6.13. The van der Waals surface area contributed by atoms with Gasteiger partial charge in [-0.25, -0.2) is 0 Å².